The zero-order valence-electron chi connectivity index (χ0n) is 23.3. The third-order valence-electron chi connectivity index (χ3n) is 6.72. The quantitative estimate of drug-likeness (QED) is 0.148. The highest BCUT2D eigenvalue weighted by atomic mass is 16.5. The summed E-state index contributed by atoms with van der Waals surface area (Å²) in [6, 6.07) is 9.83. The molecule has 1 amide bonds. The summed E-state index contributed by atoms with van der Waals surface area (Å²) in [6.45, 7) is 8.07. The number of methoxy groups -OCH3 is 1. The molecule has 0 aliphatic carbocycles. The monoisotopic (exact) mass is 497 g/mol. The molecule has 0 spiro atoms. The van der Waals surface area contributed by atoms with E-state index >= 15 is 0 Å². The number of aryl methyl sites for hydroxylation is 1. The molecule has 0 saturated carbocycles. The maximum absolute atomic E-state index is 12.4. The average Bonchev–Trinajstić information content (AvgIpc) is 2.90. The molecule has 0 aliphatic rings. The third-order valence-corrected chi connectivity index (χ3v) is 6.72. The summed E-state index contributed by atoms with van der Waals surface area (Å²) in [5.41, 5.74) is 1.89. The first-order valence-electron chi connectivity index (χ1n) is 14.2. The number of benzene rings is 1. The second kappa shape index (κ2) is 17.8. The first kappa shape index (κ1) is 29.7. The topological polar surface area (TPSA) is 42.7 Å². The lowest BCUT2D eigenvalue weighted by atomic mass is 10.1. The Morgan fingerprint density at radius 1 is 0.861 bits per heavy atom. The first-order chi connectivity index (χ1) is 17.6. The van der Waals surface area contributed by atoms with Crippen LogP contribution in [0.3, 0.4) is 0 Å². The van der Waals surface area contributed by atoms with Crippen molar-refractivity contribution in [2.75, 3.05) is 18.6 Å². The molecule has 200 valence electrons. The Morgan fingerprint density at radius 2 is 1.50 bits per heavy atom. The Labute approximate surface area is 219 Å². The van der Waals surface area contributed by atoms with E-state index < -0.39 is 0 Å². The summed E-state index contributed by atoms with van der Waals surface area (Å²) >= 11 is 0. The number of hydrogen-bond donors (Lipinski definition) is 0. The van der Waals surface area contributed by atoms with Gasteiger partial charge in [0.1, 0.15) is 6.54 Å². The minimum absolute atomic E-state index is 0.00545. The number of aromatic nitrogens is 1. The van der Waals surface area contributed by atoms with Gasteiger partial charge >= 0.3 is 0 Å². The van der Waals surface area contributed by atoms with Gasteiger partial charge in [0.05, 0.1) is 20.3 Å². The van der Waals surface area contributed by atoms with Gasteiger partial charge in [-0.2, -0.15) is 0 Å². The summed E-state index contributed by atoms with van der Waals surface area (Å²) in [5, 5.41) is 0. The molecule has 0 bridgehead atoms. The van der Waals surface area contributed by atoms with Crippen molar-refractivity contribution in [3.8, 4) is 11.5 Å². The van der Waals surface area contributed by atoms with Gasteiger partial charge in [0.15, 0.2) is 23.9 Å². The van der Waals surface area contributed by atoms with Gasteiger partial charge in [0, 0.05) is 30.3 Å². The normalized spacial score (nSPS) is 10.9. The Bertz CT molecular complexity index is 884. The number of rotatable bonds is 19. The van der Waals surface area contributed by atoms with Crippen LogP contribution in [0.4, 0.5) is 5.69 Å². The number of unbranched alkanes of at least 4 members (excludes halogenated alkanes) is 11. The average molecular weight is 498 g/mol. The molecule has 1 heterocycles. The molecule has 1 aromatic carbocycles. The lowest BCUT2D eigenvalue weighted by Crippen LogP contribution is -2.34. The van der Waals surface area contributed by atoms with Gasteiger partial charge in [-0.15, -0.1) is 0 Å². The fourth-order valence-corrected chi connectivity index (χ4v) is 4.50. The largest absolute Gasteiger partial charge is 0.493 e. The molecule has 36 heavy (non-hydrogen) atoms. The van der Waals surface area contributed by atoms with Crippen LogP contribution in [0.5, 0.6) is 11.5 Å². The van der Waals surface area contributed by atoms with E-state index in [9.17, 15) is 4.79 Å². The Hall–Kier alpha value is -2.56. The highest BCUT2D eigenvalue weighted by Gasteiger charge is 2.16. The van der Waals surface area contributed by atoms with Gasteiger partial charge < -0.3 is 14.4 Å². The molecule has 0 unspecified atom stereocenters. The molecule has 2 rings (SSSR count). The maximum Gasteiger partial charge on any atom is 0.224 e. The van der Waals surface area contributed by atoms with Crippen LogP contribution >= 0.6 is 0 Å². The Balaban J connectivity index is 1.75. The SMILES string of the molecule is CCCCCCCCCCCCCCOc1ccc(N(Cc2ccc[n+](CC)c2)C(C)=O)cc1OC. The Morgan fingerprint density at radius 3 is 2.08 bits per heavy atom. The van der Waals surface area contributed by atoms with Crippen molar-refractivity contribution in [1.29, 1.82) is 0 Å². The van der Waals surface area contributed by atoms with E-state index in [-0.39, 0.29) is 5.91 Å². The van der Waals surface area contributed by atoms with Crippen LogP contribution in [0.15, 0.2) is 42.7 Å². The second-order valence-corrected chi connectivity index (χ2v) is 9.72. The van der Waals surface area contributed by atoms with E-state index in [4.69, 9.17) is 9.47 Å². The van der Waals surface area contributed by atoms with Gasteiger partial charge in [-0.3, -0.25) is 4.79 Å². The van der Waals surface area contributed by atoms with Gasteiger partial charge in [-0.25, -0.2) is 4.57 Å². The summed E-state index contributed by atoms with van der Waals surface area (Å²) in [4.78, 5) is 14.2. The lowest BCUT2D eigenvalue weighted by Gasteiger charge is -2.22. The van der Waals surface area contributed by atoms with Crippen LogP contribution in [0.25, 0.3) is 0 Å². The minimum Gasteiger partial charge on any atom is -0.493 e. The Kier molecular flexibility index (Phi) is 14.7. The number of nitrogens with zero attached hydrogens (tertiary/aromatic N) is 2. The fraction of sp³-hybridized carbons (Fsp3) is 0.613. The number of anilines is 1. The van der Waals surface area contributed by atoms with Gasteiger partial charge in [-0.05, 0) is 31.5 Å². The van der Waals surface area contributed by atoms with Crippen molar-refractivity contribution in [1.82, 2.24) is 0 Å². The molecule has 5 heteroatoms. The molecule has 0 atom stereocenters. The lowest BCUT2D eigenvalue weighted by molar-refractivity contribution is -0.693. The zero-order valence-corrected chi connectivity index (χ0v) is 23.3. The summed E-state index contributed by atoms with van der Waals surface area (Å²) in [6.07, 6.45) is 20.1. The van der Waals surface area contributed by atoms with Crippen molar-refractivity contribution in [3.63, 3.8) is 0 Å². The second-order valence-electron chi connectivity index (χ2n) is 9.72. The van der Waals surface area contributed by atoms with E-state index in [1.165, 1.54) is 70.6 Å². The smallest absolute Gasteiger partial charge is 0.224 e. The predicted octanol–water partition coefficient (Wildman–Crippen LogP) is 7.64. The van der Waals surface area contributed by atoms with E-state index in [1.807, 2.05) is 36.5 Å². The van der Waals surface area contributed by atoms with Crippen molar-refractivity contribution < 1.29 is 18.8 Å². The molecule has 5 nitrogen and oxygen atoms in total. The number of hydrogen-bond acceptors (Lipinski definition) is 3. The van der Waals surface area contributed by atoms with Gasteiger partial charge in [-0.1, -0.05) is 77.6 Å². The molecule has 0 fully saturated rings. The molecular formula is C31H49N2O3+. The van der Waals surface area contributed by atoms with Crippen LogP contribution in [0, 0.1) is 0 Å². The van der Waals surface area contributed by atoms with Crippen molar-refractivity contribution in [2.45, 2.75) is 111 Å². The molecule has 0 saturated heterocycles. The van der Waals surface area contributed by atoms with Crippen LogP contribution in [-0.4, -0.2) is 19.6 Å². The van der Waals surface area contributed by atoms with E-state index in [1.54, 1.807) is 18.9 Å². The highest BCUT2D eigenvalue weighted by Crippen LogP contribution is 2.32. The van der Waals surface area contributed by atoms with Crippen molar-refractivity contribution in [3.05, 3.63) is 48.3 Å². The highest BCUT2D eigenvalue weighted by molar-refractivity contribution is 5.91. The van der Waals surface area contributed by atoms with Gasteiger partial charge in [0.2, 0.25) is 5.91 Å². The van der Waals surface area contributed by atoms with Crippen LogP contribution in [-0.2, 0) is 17.9 Å². The van der Waals surface area contributed by atoms with Crippen molar-refractivity contribution >= 4 is 11.6 Å². The van der Waals surface area contributed by atoms with Crippen LogP contribution < -0.4 is 18.9 Å². The first-order valence-corrected chi connectivity index (χ1v) is 14.2. The number of ether oxygens (including phenoxy) is 2. The standard InChI is InChI=1S/C31H49N2O3/c1-5-7-8-9-10-11-12-13-14-15-16-17-23-36-30-21-20-29(24-31(30)35-4)33(27(3)34)26-28-19-18-22-32(6-2)25-28/h18-22,24-25H,5-17,23,26H2,1-4H3/q+1. The molecule has 0 radical (unpaired) electrons. The van der Waals surface area contributed by atoms with E-state index in [2.05, 4.69) is 24.6 Å². The molecule has 2 aromatic rings. The minimum atomic E-state index is -0.00545. The fourth-order valence-electron chi connectivity index (χ4n) is 4.50. The molecule has 0 aliphatic heterocycles. The summed E-state index contributed by atoms with van der Waals surface area (Å²) in [5.74, 6) is 1.39. The molecule has 1 aromatic heterocycles. The summed E-state index contributed by atoms with van der Waals surface area (Å²) in [7, 11) is 1.65. The van der Waals surface area contributed by atoms with Crippen LogP contribution in [0.2, 0.25) is 0 Å². The predicted molar refractivity (Wildman–Crippen MR) is 149 cm³/mol. The van der Waals surface area contributed by atoms with E-state index in [0.29, 0.717) is 18.9 Å². The maximum atomic E-state index is 12.4. The van der Waals surface area contributed by atoms with Crippen LogP contribution in [0.1, 0.15) is 103 Å². The van der Waals surface area contributed by atoms with Crippen molar-refractivity contribution in [2.24, 2.45) is 0 Å². The van der Waals surface area contributed by atoms with E-state index in [0.717, 1.165) is 30.0 Å². The van der Waals surface area contributed by atoms with Gasteiger partial charge in [0.25, 0.3) is 0 Å². The number of carbonyl (C=O) groups excluding carboxylic acids is 1. The zero-order chi connectivity index (χ0) is 26.0. The molecular weight excluding hydrogens is 448 g/mol. The number of carbonyl (C=O) groups is 1. The number of pyridine rings is 1. The third kappa shape index (κ3) is 11.0. The summed E-state index contributed by atoms with van der Waals surface area (Å²) < 4.78 is 13.7. The molecule has 0 N–H and O–H groups in total. The number of amides is 1.